The van der Waals surface area contributed by atoms with Crippen molar-refractivity contribution in [3.8, 4) is 0 Å². The van der Waals surface area contributed by atoms with Gasteiger partial charge in [0.25, 0.3) is 5.91 Å². The van der Waals surface area contributed by atoms with E-state index in [1.54, 1.807) is 23.1 Å². The van der Waals surface area contributed by atoms with E-state index in [1.807, 2.05) is 18.2 Å². The van der Waals surface area contributed by atoms with Crippen LogP contribution in [0.1, 0.15) is 22.3 Å². The Labute approximate surface area is 127 Å². The molecule has 0 bridgehead atoms. The molecule has 1 amide bonds. The Bertz CT molecular complexity index is 669. The molecule has 20 heavy (non-hydrogen) atoms. The Morgan fingerprint density at radius 3 is 2.70 bits per heavy atom. The third kappa shape index (κ3) is 2.41. The van der Waals surface area contributed by atoms with Gasteiger partial charge in [0.2, 0.25) is 0 Å². The van der Waals surface area contributed by atoms with Crippen LogP contribution in [-0.4, -0.2) is 12.5 Å². The van der Waals surface area contributed by atoms with Gasteiger partial charge in [-0.2, -0.15) is 0 Å². The van der Waals surface area contributed by atoms with Crippen LogP contribution in [0.3, 0.4) is 0 Å². The molecule has 0 unspecified atom stereocenters. The zero-order valence-electron chi connectivity index (χ0n) is 10.8. The molecule has 4 heteroatoms. The van der Waals surface area contributed by atoms with E-state index in [4.69, 9.17) is 23.2 Å². The van der Waals surface area contributed by atoms with E-state index in [0.717, 1.165) is 25.1 Å². The lowest BCUT2D eigenvalue weighted by Crippen LogP contribution is -2.35. The number of benzene rings is 2. The van der Waals surface area contributed by atoms with E-state index >= 15 is 0 Å². The molecule has 102 valence electrons. The molecule has 3 rings (SSSR count). The predicted molar refractivity (Wildman–Crippen MR) is 82.9 cm³/mol. The average molecular weight is 306 g/mol. The molecule has 0 saturated carbocycles. The van der Waals surface area contributed by atoms with Gasteiger partial charge in [-0.3, -0.25) is 4.79 Å². The second-order valence-corrected chi connectivity index (χ2v) is 5.66. The number of para-hydroxylation sites is 1. The highest BCUT2D eigenvalue weighted by atomic mass is 35.5. The Balaban J connectivity index is 2.00. The number of hydrogen-bond donors (Lipinski definition) is 0. The van der Waals surface area contributed by atoms with Gasteiger partial charge in [-0.05, 0) is 42.7 Å². The van der Waals surface area contributed by atoms with Crippen molar-refractivity contribution in [2.75, 3.05) is 11.4 Å². The van der Waals surface area contributed by atoms with Crippen LogP contribution < -0.4 is 4.90 Å². The molecule has 0 aromatic heterocycles. The van der Waals surface area contributed by atoms with Crippen molar-refractivity contribution in [2.24, 2.45) is 0 Å². The molecular formula is C16H13Cl2NO. The van der Waals surface area contributed by atoms with Crippen LogP contribution in [0.5, 0.6) is 0 Å². The SMILES string of the molecule is O=C(c1ccc(Cl)cc1Cl)N1CCCc2ccccc21. The van der Waals surface area contributed by atoms with Crippen molar-refractivity contribution in [1.82, 2.24) is 0 Å². The van der Waals surface area contributed by atoms with Crippen molar-refractivity contribution in [3.05, 3.63) is 63.6 Å². The minimum absolute atomic E-state index is 0.0705. The number of nitrogens with zero attached hydrogens (tertiary/aromatic N) is 1. The summed E-state index contributed by atoms with van der Waals surface area (Å²) < 4.78 is 0. The van der Waals surface area contributed by atoms with Crippen LogP contribution in [0.15, 0.2) is 42.5 Å². The molecule has 2 nitrogen and oxygen atoms in total. The van der Waals surface area contributed by atoms with Gasteiger partial charge in [0, 0.05) is 17.3 Å². The Kier molecular flexibility index (Phi) is 3.68. The molecule has 0 fully saturated rings. The minimum Gasteiger partial charge on any atom is -0.308 e. The third-order valence-electron chi connectivity index (χ3n) is 3.52. The van der Waals surface area contributed by atoms with Crippen molar-refractivity contribution in [3.63, 3.8) is 0 Å². The summed E-state index contributed by atoms with van der Waals surface area (Å²) >= 11 is 12.0. The number of rotatable bonds is 1. The van der Waals surface area contributed by atoms with E-state index in [-0.39, 0.29) is 5.91 Å². The normalized spacial score (nSPS) is 14.0. The van der Waals surface area contributed by atoms with Gasteiger partial charge in [-0.15, -0.1) is 0 Å². The molecule has 0 saturated heterocycles. The molecule has 0 aliphatic carbocycles. The van der Waals surface area contributed by atoms with Crippen molar-refractivity contribution >= 4 is 34.8 Å². The van der Waals surface area contributed by atoms with Gasteiger partial charge in [0.15, 0.2) is 0 Å². The van der Waals surface area contributed by atoms with Crippen molar-refractivity contribution in [1.29, 1.82) is 0 Å². The second kappa shape index (κ2) is 5.47. The molecule has 1 aliphatic heterocycles. The summed E-state index contributed by atoms with van der Waals surface area (Å²) in [4.78, 5) is 14.5. The number of carbonyl (C=O) groups is 1. The smallest absolute Gasteiger partial charge is 0.259 e. The maximum Gasteiger partial charge on any atom is 0.259 e. The molecule has 0 radical (unpaired) electrons. The highest BCUT2D eigenvalue weighted by Gasteiger charge is 2.24. The van der Waals surface area contributed by atoms with Crippen LogP contribution in [0.25, 0.3) is 0 Å². The van der Waals surface area contributed by atoms with Crippen LogP contribution in [0, 0.1) is 0 Å². The van der Waals surface area contributed by atoms with Crippen molar-refractivity contribution < 1.29 is 4.79 Å². The standard InChI is InChI=1S/C16H13Cl2NO/c17-12-7-8-13(14(18)10-12)16(20)19-9-3-5-11-4-1-2-6-15(11)19/h1-2,4,6-8,10H,3,5,9H2. The minimum atomic E-state index is -0.0705. The Hall–Kier alpha value is -1.51. The number of hydrogen-bond acceptors (Lipinski definition) is 1. The molecular weight excluding hydrogens is 293 g/mol. The summed E-state index contributed by atoms with van der Waals surface area (Å²) in [7, 11) is 0. The molecule has 0 N–H and O–H groups in total. The molecule has 1 aliphatic rings. The quantitative estimate of drug-likeness (QED) is 0.755. The number of halogens is 2. The van der Waals surface area contributed by atoms with Gasteiger partial charge >= 0.3 is 0 Å². The highest BCUT2D eigenvalue weighted by molar-refractivity contribution is 6.37. The summed E-state index contributed by atoms with van der Waals surface area (Å²) in [6.45, 7) is 0.717. The first-order valence-electron chi connectivity index (χ1n) is 6.51. The van der Waals surface area contributed by atoms with Gasteiger partial charge in [0.05, 0.1) is 10.6 Å². The van der Waals surface area contributed by atoms with Crippen LogP contribution in [0.2, 0.25) is 10.0 Å². The van der Waals surface area contributed by atoms with E-state index < -0.39 is 0 Å². The first-order chi connectivity index (χ1) is 9.66. The Morgan fingerprint density at radius 2 is 1.90 bits per heavy atom. The maximum absolute atomic E-state index is 12.7. The maximum atomic E-state index is 12.7. The lowest BCUT2D eigenvalue weighted by molar-refractivity contribution is 0.0985. The lowest BCUT2D eigenvalue weighted by Gasteiger charge is -2.29. The summed E-state index contributed by atoms with van der Waals surface area (Å²) in [6.07, 6.45) is 1.97. The van der Waals surface area contributed by atoms with E-state index in [0.29, 0.717) is 15.6 Å². The average Bonchev–Trinajstić information content (AvgIpc) is 2.46. The highest BCUT2D eigenvalue weighted by Crippen LogP contribution is 2.30. The molecule has 1 heterocycles. The van der Waals surface area contributed by atoms with Gasteiger partial charge < -0.3 is 4.90 Å². The molecule has 2 aromatic carbocycles. The van der Waals surface area contributed by atoms with Crippen LogP contribution in [0.4, 0.5) is 5.69 Å². The van der Waals surface area contributed by atoms with Gasteiger partial charge in [-0.25, -0.2) is 0 Å². The summed E-state index contributed by atoms with van der Waals surface area (Å²) in [5.41, 5.74) is 2.68. The zero-order valence-corrected chi connectivity index (χ0v) is 12.3. The fourth-order valence-electron chi connectivity index (χ4n) is 2.55. The second-order valence-electron chi connectivity index (χ2n) is 4.81. The molecule has 0 spiro atoms. The van der Waals surface area contributed by atoms with Gasteiger partial charge in [0.1, 0.15) is 0 Å². The first-order valence-corrected chi connectivity index (χ1v) is 7.27. The summed E-state index contributed by atoms with van der Waals surface area (Å²) in [5, 5.41) is 0.927. The largest absolute Gasteiger partial charge is 0.308 e. The zero-order chi connectivity index (χ0) is 14.1. The first kappa shape index (κ1) is 13.5. The van der Waals surface area contributed by atoms with E-state index in [9.17, 15) is 4.79 Å². The number of anilines is 1. The third-order valence-corrected chi connectivity index (χ3v) is 4.06. The molecule has 2 aromatic rings. The van der Waals surface area contributed by atoms with Crippen molar-refractivity contribution in [2.45, 2.75) is 12.8 Å². The summed E-state index contributed by atoms with van der Waals surface area (Å²) in [5.74, 6) is -0.0705. The summed E-state index contributed by atoms with van der Waals surface area (Å²) in [6, 6.07) is 13.0. The fraction of sp³-hybridized carbons (Fsp3) is 0.188. The number of aryl methyl sites for hydroxylation is 1. The van der Waals surface area contributed by atoms with Crippen LogP contribution in [-0.2, 0) is 6.42 Å². The molecule has 0 atom stereocenters. The van der Waals surface area contributed by atoms with Gasteiger partial charge in [-0.1, -0.05) is 41.4 Å². The number of amides is 1. The number of fused-ring (bicyclic) bond motifs is 1. The fourth-order valence-corrected chi connectivity index (χ4v) is 3.04. The topological polar surface area (TPSA) is 20.3 Å². The Morgan fingerprint density at radius 1 is 1.10 bits per heavy atom. The van der Waals surface area contributed by atoms with E-state index in [2.05, 4.69) is 6.07 Å². The van der Waals surface area contributed by atoms with Crippen LogP contribution >= 0.6 is 23.2 Å². The monoisotopic (exact) mass is 305 g/mol. The predicted octanol–water partition coefficient (Wildman–Crippen LogP) is 4.59. The number of carbonyl (C=O) groups excluding carboxylic acids is 1. The lowest BCUT2D eigenvalue weighted by atomic mass is 10.0. The van der Waals surface area contributed by atoms with E-state index in [1.165, 1.54) is 5.56 Å².